The fraction of sp³-hybridized carbons (Fsp3) is 0.375. The molecule has 1 aromatic carbocycles. The number of esters is 1. The van der Waals surface area contributed by atoms with E-state index in [0.717, 1.165) is 19.6 Å². The molecule has 2 amide bonds. The molecular weight excluding hydrogens is 282 g/mol. The summed E-state index contributed by atoms with van der Waals surface area (Å²) in [5.41, 5.74) is 1.12. The first kappa shape index (κ1) is 16.0. The number of ether oxygens (including phenoxy) is 1. The third kappa shape index (κ3) is 4.08. The van der Waals surface area contributed by atoms with Gasteiger partial charge in [0.2, 0.25) is 0 Å². The quantitative estimate of drug-likeness (QED) is 0.681. The van der Waals surface area contributed by atoms with Crippen molar-refractivity contribution in [3.8, 4) is 0 Å². The third-order valence-electron chi connectivity index (χ3n) is 3.60. The van der Waals surface area contributed by atoms with Crippen molar-refractivity contribution in [3.63, 3.8) is 0 Å². The van der Waals surface area contributed by atoms with E-state index in [1.165, 1.54) is 7.11 Å². The van der Waals surface area contributed by atoms with Crippen LogP contribution in [0.25, 0.3) is 0 Å². The predicted octanol–water partition coefficient (Wildman–Crippen LogP) is 1.81. The summed E-state index contributed by atoms with van der Waals surface area (Å²) in [6.45, 7) is 7.66. The molecule has 0 saturated carbocycles. The lowest BCUT2D eigenvalue weighted by Gasteiger charge is -2.34. The summed E-state index contributed by atoms with van der Waals surface area (Å²) in [5.74, 6) is -0.392. The van der Waals surface area contributed by atoms with Crippen LogP contribution < -0.4 is 5.32 Å². The molecule has 6 heteroatoms. The number of amides is 2. The summed E-state index contributed by atoms with van der Waals surface area (Å²) in [6, 6.07) is 6.52. The molecule has 0 radical (unpaired) electrons. The van der Waals surface area contributed by atoms with Crippen LogP contribution in [-0.4, -0.2) is 61.6 Å². The molecule has 1 saturated heterocycles. The molecule has 1 aliphatic rings. The summed E-state index contributed by atoms with van der Waals surface area (Å²) in [7, 11) is 1.34. The van der Waals surface area contributed by atoms with E-state index in [-0.39, 0.29) is 6.03 Å². The van der Waals surface area contributed by atoms with E-state index in [1.807, 2.05) is 6.08 Å². The standard InChI is InChI=1S/C16H21N3O3/c1-3-8-18-9-11-19(12-10-18)16(21)17-14-6-4-13(5-7-14)15(20)22-2/h3-7H,1,8-12H2,2H3,(H,17,21). The summed E-state index contributed by atoms with van der Waals surface area (Å²) in [4.78, 5) is 27.6. The largest absolute Gasteiger partial charge is 0.465 e. The van der Waals surface area contributed by atoms with E-state index < -0.39 is 5.97 Å². The van der Waals surface area contributed by atoms with Gasteiger partial charge in [0.15, 0.2) is 0 Å². The Labute approximate surface area is 130 Å². The lowest BCUT2D eigenvalue weighted by Crippen LogP contribution is -2.49. The Morgan fingerprint density at radius 2 is 1.86 bits per heavy atom. The van der Waals surface area contributed by atoms with Gasteiger partial charge >= 0.3 is 12.0 Å². The molecule has 0 unspecified atom stereocenters. The summed E-state index contributed by atoms with van der Waals surface area (Å²) in [5, 5.41) is 2.84. The molecule has 0 aliphatic carbocycles. The van der Waals surface area contributed by atoms with Crippen molar-refractivity contribution in [2.75, 3.05) is 45.2 Å². The Bertz CT molecular complexity index is 534. The molecule has 6 nitrogen and oxygen atoms in total. The van der Waals surface area contributed by atoms with Crippen LogP contribution in [-0.2, 0) is 4.74 Å². The smallest absolute Gasteiger partial charge is 0.337 e. The number of benzene rings is 1. The number of urea groups is 1. The number of nitrogens with one attached hydrogen (secondary N) is 1. The Morgan fingerprint density at radius 3 is 2.41 bits per heavy atom. The van der Waals surface area contributed by atoms with E-state index in [0.29, 0.717) is 24.3 Å². The average molecular weight is 303 g/mol. The molecule has 0 atom stereocenters. The van der Waals surface area contributed by atoms with Gasteiger partial charge < -0.3 is 15.0 Å². The molecule has 0 aromatic heterocycles. The van der Waals surface area contributed by atoms with Gasteiger partial charge in [-0.1, -0.05) is 6.08 Å². The highest BCUT2D eigenvalue weighted by Gasteiger charge is 2.20. The van der Waals surface area contributed by atoms with Gasteiger partial charge in [0.05, 0.1) is 12.7 Å². The van der Waals surface area contributed by atoms with E-state index in [9.17, 15) is 9.59 Å². The zero-order chi connectivity index (χ0) is 15.9. The van der Waals surface area contributed by atoms with E-state index >= 15 is 0 Å². The van der Waals surface area contributed by atoms with E-state index in [4.69, 9.17) is 0 Å². The van der Waals surface area contributed by atoms with Gasteiger partial charge in [-0.15, -0.1) is 6.58 Å². The Balaban J connectivity index is 1.87. The normalized spacial score (nSPS) is 15.2. The number of methoxy groups -OCH3 is 1. The zero-order valence-corrected chi connectivity index (χ0v) is 12.7. The van der Waals surface area contributed by atoms with Crippen molar-refractivity contribution in [2.45, 2.75) is 0 Å². The van der Waals surface area contributed by atoms with Gasteiger partial charge in [0.25, 0.3) is 0 Å². The minimum atomic E-state index is -0.392. The first-order valence-electron chi connectivity index (χ1n) is 7.21. The van der Waals surface area contributed by atoms with E-state index in [1.54, 1.807) is 29.2 Å². The average Bonchev–Trinajstić information content (AvgIpc) is 2.55. The zero-order valence-electron chi connectivity index (χ0n) is 12.7. The highest BCUT2D eigenvalue weighted by Crippen LogP contribution is 2.12. The fourth-order valence-corrected chi connectivity index (χ4v) is 2.33. The van der Waals surface area contributed by atoms with Crippen LogP contribution >= 0.6 is 0 Å². The second-order valence-corrected chi connectivity index (χ2v) is 5.08. The molecule has 1 fully saturated rings. The molecule has 1 N–H and O–H groups in total. The molecule has 22 heavy (non-hydrogen) atoms. The molecule has 0 bridgehead atoms. The molecule has 2 rings (SSSR count). The molecule has 118 valence electrons. The van der Waals surface area contributed by atoms with Gasteiger partial charge in [0.1, 0.15) is 0 Å². The van der Waals surface area contributed by atoms with Gasteiger partial charge in [-0.2, -0.15) is 0 Å². The number of nitrogens with zero attached hydrogens (tertiary/aromatic N) is 2. The van der Waals surface area contributed by atoms with Gasteiger partial charge in [-0.05, 0) is 24.3 Å². The van der Waals surface area contributed by atoms with Crippen LogP contribution in [0.15, 0.2) is 36.9 Å². The van der Waals surface area contributed by atoms with Crippen molar-refractivity contribution < 1.29 is 14.3 Å². The first-order chi connectivity index (χ1) is 10.6. The number of hydrogen-bond donors (Lipinski definition) is 1. The van der Waals surface area contributed by atoms with Crippen molar-refractivity contribution in [1.29, 1.82) is 0 Å². The second-order valence-electron chi connectivity index (χ2n) is 5.08. The lowest BCUT2D eigenvalue weighted by molar-refractivity contribution is 0.0601. The number of hydrogen-bond acceptors (Lipinski definition) is 4. The first-order valence-corrected chi connectivity index (χ1v) is 7.21. The van der Waals surface area contributed by atoms with Crippen LogP contribution in [0.1, 0.15) is 10.4 Å². The second kappa shape index (κ2) is 7.61. The number of carbonyl (C=O) groups is 2. The van der Waals surface area contributed by atoms with Gasteiger partial charge in [-0.3, -0.25) is 4.90 Å². The molecule has 0 spiro atoms. The Morgan fingerprint density at radius 1 is 1.23 bits per heavy atom. The number of piperazine rings is 1. The number of rotatable bonds is 4. The monoisotopic (exact) mass is 303 g/mol. The maximum atomic E-state index is 12.2. The van der Waals surface area contributed by atoms with Crippen LogP contribution in [0, 0.1) is 0 Å². The third-order valence-corrected chi connectivity index (χ3v) is 3.60. The Kier molecular flexibility index (Phi) is 5.55. The minimum absolute atomic E-state index is 0.121. The highest BCUT2D eigenvalue weighted by atomic mass is 16.5. The SMILES string of the molecule is C=CCN1CCN(C(=O)Nc2ccc(C(=O)OC)cc2)CC1. The van der Waals surface area contributed by atoms with E-state index in [2.05, 4.69) is 21.5 Å². The summed E-state index contributed by atoms with van der Waals surface area (Å²) >= 11 is 0. The van der Waals surface area contributed by atoms with Gasteiger partial charge in [-0.25, -0.2) is 9.59 Å². The van der Waals surface area contributed by atoms with Crippen molar-refractivity contribution >= 4 is 17.7 Å². The van der Waals surface area contributed by atoms with Crippen molar-refractivity contribution in [3.05, 3.63) is 42.5 Å². The molecule has 1 heterocycles. The maximum Gasteiger partial charge on any atom is 0.337 e. The molecular formula is C16H21N3O3. The maximum absolute atomic E-state index is 12.2. The molecule has 1 aliphatic heterocycles. The van der Waals surface area contributed by atoms with Crippen LogP contribution in [0.5, 0.6) is 0 Å². The van der Waals surface area contributed by atoms with Crippen LogP contribution in [0.4, 0.5) is 10.5 Å². The predicted molar refractivity (Wildman–Crippen MR) is 85.0 cm³/mol. The van der Waals surface area contributed by atoms with Gasteiger partial charge in [0, 0.05) is 38.4 Å². The highest BCUT2D eigenvalue weighted by molar-refractivity contribution is 5.92. The van der Waals surface area contributed by atoms with Crippen molar-refractivity contribution in [2.24, 2.45) is 0 Å². The fourth-order valence-electron chi connectivity index (χ4n) is 2.33. The van der Waals surface area contributed by atoms with Crippen molar-refractivity contribution in [1.82, 2.24) is 9.80 Å². The summed E-state index contributed by atoms with van der Waals surface area (Å²) in [6.07, 6.45) is 1.87. The summed E-state index contributed by atoms with van der Waals surface area (Å²) < 4.78 is 4.64. The number of anilines is 1. The van der Waals surface area contributed by atoms with Crippen LogP contribution in [0.3, 0.4) is 0 Å². The lowest BCUT2D eigenvalue weighted by atomic mass is 10.2. The topological polar surface area (TPSA) is 61.9 Å². The van der Waals surface area contributed by atoms with Crippen LogP contribution in [0.2, 0.25) is 0 Å². The number of carbonyl (C=O) groups excluding carboxylic acids is 2. The Hall–Kier alpha value is -2.34. The minimum Gasteiger partial charge on any atom is -0.465 e. The molecule has 1 aromatic rings.